The molecule has 1 aromatic rings. The van der Waals surface area contributed by atoms with Crippen LogP contribution in [0.1, 0.15) is 37.3 Å². The van der Waals surface area contributed by atoms with E-state index in [0.29, 0.717) is 24.8 Å². The Morgan fingerprint density at radius 1 is 1.32 bits per heavy atom. The van der Waals surface area contributed by atoms with Crippen LogP contribution in [0.15, 0.2) is 29.3 Å². The monoisotopic (exact) mass is 415 g/mol. The quantitative estimate of drug-likeness (QED) is 0.452. The van der Waals surface area contributed by atoms with Gasteiger partial charge in [0.1, 0.15) is 0 Å². The molecule has 2 N–H and O–H groups in total. The molecule has 2 bridgehead atoms. The van der Waals surface area contributed by atoms with Crippen molar-refractivity contribution in [2.24, 2.45) is 4.99 Å². The molecule has 0 radical (unpaired) electrons. The van der Waals surface area contributed by atoms with Gasteiger partial charge in [-0.2, -0.15) is 0 Å². The molecule has 1 aromatic carbocycles. The van der Waals surface area contributed by atoms with E-state index in [4.69, 9.17) is 9.73 Å². The zero-order valence-electron chi connectivity index (χ0n) is 13.3. The number of fused-ring (bicyclic) bond motifs is 2. The van der Waals surface area contributed by atoms with E-state index in [1.807, 2.05) is 0 Å². The van der Waals surface area contributed by atoms with Crippen LogP contribution < -0.4 is 10.6 Å². The lowest BCUT2D eigenvalue weighted by Gasteiger charge is -2.22. The molecule has 5 heteroatoms. The summed E-state index contributed by atoms with van der Waals surface area (Å²) in [6.07, 6.45) is 4.35. The average molecular weight is 415 g/mol. The van der Waals surface area contributed by atoms with Gasteiger partial charge in [0.05, 0.1) is 24.8 Å². The molecule has 3 atom stereocenters. The van der Waals surface area contributed by atoms with Crippen LogP contribution in [0.3, 0.4) is 0 Å². The lowest BCUT2D eigenvalue weighted by molar-refractivity contribution is 0.0992. The number of benzene rings is 1. The molecular weight excluding hydrogens is 389 g/mol. The molecule has 0 amide bonds. The first kappa shape index (κ1) is 17.5. The predicted molar refractivity (Wildman–Crippen MR) is 101 cm³/mol. The van der Waals surface area contributed by atoms with Crippen molar-refractivity contribution in [2.75, 3.05) is 6.54 Å². The second-order valence-corrected chi connectivity index (χ2v) is 5.98. The summed E-state index contributed by atoms with van der Waals surface area (Å²) in [5, 5.41) is 6.89. The average Bonchev–Trinajstić information content (AvgIpc) is 3.09. The van der Waals surface area contributed by atoms with Gasteiger partial charge in [0, 0.05) is 6.54 Å². The molecule has 22 heavy (non-hydrogen) atoms. The lowest BCUT2D eigenvalue weighted by Crippen LogP contribution is -2.47. The van der Waals surface area contributed by atoms with Gasteiger partial charge in [-0.05, 0) is 44.2 Å². The molecule has 2 aliphatic rings. The number of rotatable bonds is 4. The summed E-state index contributed by atoms with van der Waals surface area (Å²) >= 11 is 0. The number of nitrogens with zero attached hydrogens (tertiary/aromatic N) is 1. The number of nitrogens with one attached hydrogen (secondary N) is 2. The normalized spacial score (nSPS) is 26.6. The molecule has 2 heterocycles. The Kier molecular flexibility index (Phi) is 6.50. The van der Waals surface area contributed by atoms with E-state index in [1.165, 1.54) is 24.0 Å². The molecule has 4 nitrogen and oxygen atoms in total. The maximum absolute atomic E-state index is 5.90. The van der Waals surface area contributed by atoms with Gasteiger partial charge in [-0.25, -0.2) is 4.99 Å². The first-order chi connectivity index (χ1) is 10.3. The number of aliphatic imine (C=N–C) groups is 1. The van der Waals surface area contributed by atoms with Crippen molar-refractivity contribution < 1.29 is 4.74 Å². The summed E-state index contributed by atoms with van der Waals surface area (Å²) in [6.45, 7) is 5.82. The van der Waals surface area contributed by atoms with Crippen LogP contribution in [0, 0.1) is 6.92 Å². The minimum Gasteiger partial charge on any atom is -0.373 e. The van der Waals surface area contributed by atoms with Crippen LogP contribution in [-0.2, 0) is 11.3 Å². The van der Waals surface area contributed by atoms with Gasteiger partial charge >= 0.3 is 0 Å². The molecule has 3 rings (SSSR count). The third kappa shape index (κ3) is 4.13. The zero-order chi connectivity index (χ0) is 14.7. The van der Waals surface area contributed by atoms with Crippen LogP contribution in [-0.4, -0.2) is 30.8 Å². The molecular formula is C17H26IN3O. The van der Waals surface area contributed by atoms with Gasteiger partial charge in [0.2, 0.25) is 0 Å². The van der Waals surface area contributed by atoms with E-state index < -0.39 is 0 Å². The van der Waals surface area contributed by atoms with E-state index in [9.17, 15) is 0 Å². The lowest BCUT2D eigenvalue weighted by atomic mass is 9.96. The Bertz CT molecular complexity index is 520. The smallest absolute Gasteiger partial charge is 0.191 e. The molecule has 2 aliphatic heterocycles. The largest absolute Gasteiger partial charge is 0.373 e. The van der Waals surface area contributed by atoms with Crippen LogP contribution in [0.5, 0.6) is 0 Å². The topological polar surface area (TPSA) is 45.7 Å². The second-order valence-electron chi connectivity index (χ2n) is 5.98. The summed E-state index contributed by atoms with van der Waals surface area (Å²) in [5.41, 5.74) is 2.57. The number of aryl methyl sites for hydroxylation is 1. The maximum atomic E-state index is 5.90. The second kappa shape index (κ2) is 8.15. The molecule has 2 fully saturated rings. The molecule has 0 saturated carbocycles. The van der Waals surface area contributed by atoms with Crippen molar-refractivity contribution in [2.45, 2.75) is 57.9 Å². The highest BCUT2D eigenvalue weighted by Gasteiger charge is 2.41. The maximum Gasteiger partial charge on any atom is 0.191 e. The van der Waals surface area contributed by atoms with Crippen LogP contribution in [0.2, 0.25) is 0 Å². The van der Waals surface area contributed by atoms with Crippen molar-refractivity contribution in [3.8, 4) is 0 Å². The van der Waals surface area contributed by atoms with E-state index >= 15 is 0 Å². The van der Waals surface area contributed by atoms with Crippen molar-refractivity contribution in [3.05, 3.63) is 35.4 Å². The van der Waals surface area contributed by atoms with Gasteiger partial charge in [-0.15, -0.1) is 24.0 Å². The molecule has 122 valence electrons. The van der Waals surface area contributed by atoms with Crippen LogP contribution >= 0.6 is 24.0 Å². The number of halogens is 1. The van der Waals surface area contributed by atoms with E-state index in [0.717, 1.165) is 18.9 Å². The van der Waals surface area contributed by atoms with Gasteiger partial charge in [-0.1, -0.05) is 24.3 Å². The Morgan fingerprint density at radius 2 is 2.14 bits per heavy atom. The van der Waals surface area contributed by atoms with E-state index in [1.54, 1.807) is 0 Å². The van der Waals surface area contributed by atoms with Crippen molar-refractivity contribution >= 4 is 29.9 Å². The van der Waals surface area contributed by atoms with Gasteiger partial charge in [0.25, 0.3) is 0 Å². The van der Waals surface area contributed by atoms with Crippen molar-refractivity contribution in [1.29, 1.82) is 0 Å². The summed E-state index contributed by atoms with van der Waals surface area (Å²) in [7, 11) is 0. The minimum absolute atomic E-state index is 0. The van der Waals surface area contributed by atoms with E-state index in [-0.39, 0.29) is 24.0 Å². The minimum atomic E-state index is 0. The molecule has 0 spiro atoms. The Morgan fingerprint density at radius 3 is 2.77 bits per heavy atom. The highest BCUT2D eigenvalue weighted by Crippen LogP contribution is 2.34. The summed E-state index contributed by atoms with van der Waals surface area (Å²) < 4.78 is 5.90. The van der Waals surface area contributed by atoms with Gasteiger partial charge in [-0.3, -0.25) is 0 Å². The fraction of sp³-hybridized carbons (Fsp3) is 0.588. The fourth-order valence-corrected chi connectivity index (χ4v) is 3.24. The molecule has 3 unspecified atom stereocenters. The highest BCUT2D eigenvalue weighted by molar-refractivity contribution is 14.0. The Balaban J connectivity index is 0.00000176. The zero-order valence-corrected chi connectivity index (χ0v) is 15.7. The third-order valence-electron chi connectivity index (χ3n) is 4.44. The number of guanidine groups is 1. The molecule has 0 aromatic heterocycles. The first-order valence-electron chi connectivity index (χ1n) is 8.01. The van der Waals surface area contributed by atoms with Crippen LogP contribution in [0.25, 0.3) is 0 Å². The fourth-order valence-electron chi connectivity index (χ4n) is 3.24. The van der Waals surface area contributed by atoms with Crippen LogP contribution in [0.4, 0.5) is 0 Å². The standard InChI is InChI=1S/C17H25N3O.HI/c1-3-18-17(19-11-13-7-5-4-6-12(13)2)20-15-10-14-8-9-16(15)21-14;/h4-7,14-16H,3,8-11H2,1-2H3,(H2,18,19,20);1H. The molecule has 2 saturated heterocycles. The Labute approximate surface area is 150 Å². The first-order valence-corrected chi connectivity index (χ1v) is 8.01. The number of ether oxygens (including phenoxy) is 1. The SMILES string of the molecule is CCNC(=NCc1ccccc1C)NC1CC2CCC1O2.I. The van der Waals surface area contributed by atoms with Gasteiger partial charge in [0.15, 0.2) is 5.96 Å². The third-order valence-corrected chi connectivity index (χ3v) is 4.44. The molecule has 0 aliphatic carbocycles. The highest BCUT2D eigenvalue weighted by atomic mass is 127. The summed E-state index contributed by atoms with van der Waals surface area (Å²) in [6, 6.07) is 8.83. The summed E-state index contributed by atoms with van der Waals surface area (Å²) in [4.78, 5) is 4.73. The summed E-state index contributed by atoms with van der Waals surface area (Å²) in [5.74, 6) is 0.905. The Hall–Kier alpha value is -0.820. The number of hydrogen-bond donors (Lipinski definition) is 2. The van der Waals surface area contributed by atoms with Crippen molar-refractivity contribution in [1.82, 2.24) is 10.6 Å². The van der Waals surface area contributed by atoms with Crippen molar-refractivity contribution in [3.63, 3.8) is 0 Å². The van der Waals surface area contributed by atoms with E-state index in [2.05, 4.69) is 48.7 Å². The van der Waals surface area contributed by atoms with Gasteiger partial charge < -0.3 is 15.4 Å². The number of hydrogen-bond acceptors (Lipinski definition) is 2. The predicted octanol–water partition coefficient (Wildman–Crippen LogP) is 2.99.